The van der Waals surface area contributed by atoms with E-state index in [0.29, 0.717) is 13.1 Å². The van der Waals surface area contributed by atoms with Crippen LogP contribution in [0.2, 0.25) is 0 Å². The Kier molecular flexibility index (Phi) is 4.52. The summed E-state index contributed by atoms with van der Waals surface area (Å²) in [5.41, 5.74) is 2.90. The van der Waals surface area contributed by atoms with E-state index in [1.807, 2.05) is 37.3 Å². The van der Waals surface area contributed by atoms with Gasteiger partial charge in [-0.1, -0.05) is 28.1 Å². The van der Waals surface area contributed by atoms with Crippen molar-refractivity contribution in [2.24, 2.45) is 0 Å². The maximum absolute atomic E-state index is 9.99. The highest BCUT2D eigenvalue weighted by molar-refractivity contribution is 9.10. The predicted octanol–water partition coefficient (Wildman–Crippen LogP) is 2.30. The molecule has 1 aromatic carbocycles. The maximum Gasteiger partial charge on any atom is 0.0914 e. The number of aromatic amines is 1. The van der Waals surface area contributed by atoms with Gasteiger partial charge in [0.05, 0.1) is 11.8 Å². The third kappa shape index (κ3) is 3.66. The number of aryl methyl sites for hydroxylation is 1. The van der Waals surface area contributed by atoms with Crippen LogP contribution in [0.25, 0.3) is 0 Å². The summed E-state index contributed by atoms with van der Waals surface area (Å²) in [6.07, 6.45) is -0.502. The normalized spacial score (nSPS) is 12.6. The third-order valence-corrected chi connectivity index (χ3v) is 3.19. The Hall–Kier alpha value is -1.17. The molecule has 0 aliphatic heterocycles. The number of H-pyrrole nitrogens is 1. The largest absolute Gasteiger partial charge is 0.387 e. The smallest absolute Gasteiger partial charge is 0.0914 e. The molecule has 2 rings (SSSR count). The van der Waals surface area contributed by atoms with Gasteiger partial charge in [-0.15, -0.1) is 0 Å². The number of aromatic nitrogens is 2. The van der Waals surface area contributed by atoms with Gasteiger partial charge in [0.2, 0.25) is 0 Å². The highest BCUT2D eigenvalue weighted by atomic mass is 79.9. The SMILES string of the molecule is Cc1cc(CNC[C@H](O)c2ccc(Br)cc2)n[nH]1. The molecule has 0 bridgehead atoms. The number of halogens is 1. The summed E-state index contributed by atoms with van der Waals surface area (Å²) in [4.78, 5) is 0. The zero-order chi connectivity index (χ0) is 13.0. The topological polar surface area (TPSA) is 60.9 Å². The number of hydrogen-bond acceptors (Lipinski definition) is 3. The van der Waals surface area contributed by atoms with Crippen LogP contribution in [0.15, 0.2) is 34.8 Å². The van der Waals surface area contributed by atoms with E-state index >= 15 is 0 Å². The molecule has 96 valence electrons. The van der Waals surface area contributed by atoms with Crippen LogP contribution < -0.4 is 5.32 Å². The first-order valence-corrected chi connectivity index (χ1v) is 6.59. The number of rotatable bonds is 5. The molecular formula is C13H16BrN3O. The Morgan fingerprint density at radius 2 is 2.11 bits per heavy atom. The molecule has 5 heteroatoms. The summed E-state index contributed by atoms with van der Waals surface area (Å²) in [7, 11) is 0. The van der Waals surface area contributed by atoms with E-state index < -0.39 is 6.10 Å². The van der Waals surface area contributed by atoms with E-state index in [4.69, 9.17) is 0 Å². The zero-order valence-electron chi connectivity index (χ0n) is 10.2. The maximum atomic E-state index is 9.99. The summed E-state index contributed by atoms with van der Waals surface area (Å²) >= 11 is 3.37. The number of nitrogens with one attached hydrogen (secondary N) is 2. The van der Waals surface area contributed by atoms with Crippen molar-refractivity contribution in [1.82, 2.24) is 15.5 Å². The van der Waals surface area contributed by atoms with E-state index in [1.165, 1.54) is 0 Å². The molecule has 0 aliphatic carbocycles. The van der Waals surface area contributed by atoms with Crippen molar-refractivity contribution in [2.45, 2.75) is 19.6 Å². The van der Waals surface area contributed by atoms with E-state index in [-0.39, 0.29) is 0 Å². The molecule has 0 saturated carbocycles. The fourth-order valence-electron chi connectivity index (χ4n) is 1.70. The lowest BCUT2D eigenvalue weighted by Crippen LogP contribution is -2.21. The second kappa shape index (κ2) is 6.13. The van der Waals surface area contributed by atoms with Crippen LogP contribution >= 0.6 is 15.9 Å². The molecule has 1 heterocycles. The molecule has 1 atom stereocenters. The van der Waals surface area contributed by atoms with Gasteiger partial charge < -0.3 is 10.4 Å². The number of nitrogens with zero attached hydrogens (tertiary/aromatic N) is 1. The van der Waals surface area contributed by atoms with E-state index in [0.717, 1.165) is 21.4 Å². The molecule has 0 unspecified atom stereocenters. The van der Waals surface area contributed by atoms with Crippen LogP contribution in [0.3, 0.4) is 0 Å². The predicted molar refractivity (Wildman–Crippen MR) is 74.1 cm³/mol. The lowest BCUT2D eigenvalue weighted by Gasteiger charge is -2.11. The molecule has 0 radical (unpaired) electrons. The van der Waals surface area contributed by atoms with E-state index in [2.05, 4.69) is 31.4 Å². The number of benzene rings is 1. The molecule has 0 aliphatic rings. The van der Waals surface area contributed by atoms with Crippen molar-refractivity contribution in [3.63, 3.8) is 0 Å². The average Bonchev–Trinajstić information content (AvgIpc) is 2.76. The molecule has 3 N–H and O–H groups in total. The van der Waals surface area contributed by atoms with Gasteiger partial charge in [-0.3, -0.25) is 5.10 Å². The fourth-order valence-corrected chi connectivity index (χ4v) is 1.97. The number of aliphatic hydroxyl groups excluding tert-OH is 1. The lowest BCUT2D eigenvalue weighted by molar-refractivity contribution is 0.174. The molecule has 18 heavy (non-hydrogen) atoms. The summed E-state index contributed by atoms with van der Waals surface area (Å²) in [5, 5.41) is 20.2. The van der Waals surface area contributed by atoms with Crippen LogP contribution in [0.1, 0.15) is 23.1 Å². The Morgan fingerprint density at radius 1 is 1.39 bits per heavy atom. The Bertz CT molecular complexity index is 495. The lowest BCUT2D eigenvalue weighted by atomic mass is 10.1. The molecule has 0 spiro atoms. The molecule has 1 aromatic heterocycles. The van der Waals surface area contributed by atoms with Crippen molar-refractivity contribution in [1.29, 1.82) is 0 Å². The van der Waals surface area contributed by atoms with Crippen LogP contribution in [0.5, 0.6) is 0 Å². The quantitative estimate of drug-likeness (QED) is 0.794. The highest BCUT2D eigenvalue weighted by Gasteiger charge is 2.07. The van der Waals surface area contributed by atoms with Gasteiger partial charge in [0.25, 0.3) is 0 Å². The van der Waals surface area contributed by atoms with Gasteiger partial charge in [-0.05, 0) is 30.7 Å². The standard InChI is InChI=1S/C13H16BrN3O/c1-9-6-12(17-16-9)7-15-8-13(18)10-2-4-11(14)5-3-10/h2-6,13,15,18H,7-8H2,1H3,(H,16,17)/t13-/m0/s1. The van der Waals surface area contributed by atoms with Crippen LogP contribution in [-0.2, 0) is 6.54 Å². The molecule has 0 amide bonds. The minimum Gasteiger partial charge on any atom is -0.387 e. The van der Waals surface area contributed by atoms with Gasteiger partial charge >= 0.3 is 0 Å². The monoisotopic (exact) mass is 309 g/mol. The summed E-state index contributed by atoms with van der Waals surface area (Å²) in [6, 6.07) is 9.66. The molecule has 0 fully saturated rings. The second-order valence-corrected chi connectivity index (χ2v) is 5.16. The minimum atomic E-state index is -0.502. The van der Waals surface area contributed by atoms with Crippen molar-refractivity contribution < 1.29 is 5.11 Å². The highest BCUT2D eigenvalue weighted by Crippen LogP contribution is 2.16. The van der Waals surface area contributed by atoms with Crippen molar-refractivity contribution in [3.8, 4) is 0 Å². The van der Waals surface area contributed by atoms with E-state index in [1.54, 1.807) is 0 Å². The molecule has 2 aromatic rings. The summed E-state index contributed by atoms with van der Waals surface area (Å²) in [5.74, 6) is 0. The van der Waals surface area contributed by atoms with Gasteiger partial charge in [0.1, 0.15) is 0 Å². The second-order valence-electron chi connectivity index (χ2n) is 4.24. The molecular weight excluding hydrogens is 294 g/mol. The summed E-state index contributed by atoms with van der Waals surface area (Å²) < 4.78 is 1.01. The zero-order valence-corrected chi connectivity index (χ0v) is 11.7. The van der Waals surface area contributed by atoms with Gasteiger partial charge in [-0.2, -0.15) is 5.10 Å². The molecule has 0 saturated heterocycles. The van der Waals surface area contributed by atoms with Crippen LogP contribution in [-0.4, -0.2) is 21.8 Å². The van der Waals surface area contributed by atoms with Gasteiger partial charge in [0.15, 0.2) is 0 Å². The van der Waals surface area contributed by atoms with Gasteiger partial charge in [-0.25, -0.2) is 0 Å². The van der Waals surface area contributed by atoms with Gasteiger partial charge in [0, 0.05) is 23.3 Å². The van der Waals surface area contributed by atoms with Crippen LogP contribution in [0.4, 0.5) is 0 Å². The Balaban J connectivity index is 1.81. The number of hydrogen-bond donors (Lipinski definition) is 3. The number of aliphatic hydroxyl groups is 1. The minimum absolute atomic E-state index is 0.502. The first-order valence-electron chi connectivity index (χ1n) is 5.80. The third-order valence-electron chi connectivity index (χ3n) is 2.66. The Morgan fingerprint density at radius 3 is 2.72 bits per heavy atom. The first kappa shape index (κ1) is 13.3. The Labute approximate surface area is 115 Å². The van der Waals surface area contributed by atoms with Crippen LogP contribution in [0, 0.1) is 6.92 Å². The van der Waals surface area contributed by atoms with Crippen molar-refractivity contribution >= 4 is 15.9 Å². The van der Waals surface area contributed by atoms with Crippen molar-refractivity contribution in [3.05, 3.63) is 51.8 Å². The molecule has 4 nitrogen and oxygen atoms in total. The first-order chi connectivity index (χ1) is 8.65. The fraction of sp³-hybridized carbons (Fsp3) is 0.308. The van der Waals surface area contributed by atoms with Crippen molar-refractivity contribution in [2.75, 3.05) is 6.54 Å². The summed E-state index contributed by atoms with van der Waals surface area (Å²) in [6.45, 7) is 3.12. The van der Waals surface area contributed by atoms with E-state index in [9.17, 15) is 5.11 Å². The average molecular weight is 310 g/mol.